The fraction of sp³-hybridized carbons (Fsp3) is 0.238. The van der Waals surface area contributed by atoms with Crippen LogP contribution in [-0.4, -0.2) is 26.5 Å². The van der Waals surface area contributed by atoms with E-state index in [1.165, 1.54) is 36.5 Å². The van der Waals surface area contributed by atoms with Gasteiger partial charge in [-0.25, -0.2) is 15.0 Å². The van der Waals surface area contributed by atoms with Crippen LogP contribution in [0.2, 0.25) is 0 Å². The fourth-order valence-electron chi connectivity index (χ4n) is 3.56. The second-order valence-corrected chi connectivity index (χ2v) is 8.71. The molecule has 0 amide bonds. The summed E-state index contributed by atoms with van der Waals surface area (Å²) in [6, 6.07) is 9.54. The molecule has 0 aliphatic heterocycles. The standard InChI is InChI=1S/C21H16BrN3O2S/c22-14-7-5-12(6-8-14)17(26)10-28-21-19-18(23-11-24-21)15-9-13-3-1-2-4-16(13)25-20(15)27-19/h5-9,11H,1-4,10H2. The number of Topliss-reactive ketones (excluding diaryl/α,β-unsaturated/α-hetero) is 1. The van der Waals surface area contributed by atoms with Gasteiger partial charge >= 0.3 is 0 Å². The lowest BCUT2D eigenvalue weighted by Gasteiger charge is -2.13. The SMILES string of the molecule is O=C(CSc1ncnc2c1oc1nc3c(cc12)CCCC3)c1ccc(Br)cc1. The van der Waals surface area contributed by atoms with E-state index in [2.05, 4.69) is 32.0 Å². The number of hydrogen-bond donors (Lipinski definition) is 0. The molecule has 0 saturated heterocycles. The summed E-state index contributed by atoms with van der Waals surface area (Å²) < 4.78 is 6.98. The number of aryl methyl sites for hydroxylation is 2. The van der Waals surface area contributed by atoms with Gasteiger partial charge in [-0.15, -0.1) is 0 Å². The maximum atomic E-state index is 12.5. The Hall–Kier alpha value is -2.25. The van der Waals surface area contributed by atoms with Crippen LogP contribution in [0.5, 0.6) is 0 Å². The third-order valence-electron chi connectivity index (χ3n) is 5.00. The van der Waals surface area contributed by atoms with E-state index in [1.54, 1.807) is 0 Å². The maximum Gasteiger partial charge on any atom is 0.229 e. The summed E-state index contributed by atoms with van der Waals surface area (Å²) in [6.45, 7) is 0. The van der Waals surface area contributed by atoms with Crippen molar-refractivity contribution in [2.75, 3.05) is 5.75 Å². The molecule has 0 atom stereocenters. The van der Waals surface area contributed by atoms with Gasteiger partial charge in [-0.2, -0.15) is 0 Å². The van der Waals surface area contributed by atoms with Crippen molar-refractivity contribution in [3.05, 3.63) is 58.0 Å². The van der Waals surface area contributed by atoms with Crippen LogP contribution in [0.15, 0.2) is 50.6 Å². The van der Waals surface area contributed by atoms with Crippen molar-refractivity contribution in [2.24, 2.45) is 0 Å². The highest BCUT2D eigenvalue weighted by Gasteiger charge is 2.19. The lowest BCUT2D eigenvalue weighted by molar-refractivity contribution is 0.102. The van der Waals surface area contributed by atoms with Gasteiger partial charge in [0.05, 0.1) is 11.1 Å². The number of pyridine rings is 1. The molecule has 1 aromatic carbocycles. The van der Waals surface area contributed by atoms with Gasteiger partial charge in [0.25, 0.3) is 0 Å². The van der Waals surface area contributed by atoms with Crippen molar-refractivity contribution >= 4 is 55.7 Å². The summed E-state index contributed by atoms with van der Waals surface area (Å²) in [4.78, 5) is 26.0. The number of furan rings is 1. The third-order valence-corrected chi connectivity index (χ3v) is 6.50. The number of halogens is 1. The van der Waals surface area contributed by atoms with Gasteiger partial charge in [-0.3, -0.25) is 4.79 Å². The first kappa shape index (κ1) is 17.8. The van der Waals surface area contributed by atoms with Gasteiger partial charge in [0, 0.05) is 15.7 Å². The van der Waals surface area contributed by atoms with Gasteiger partial charge in [0.15, 0.2) is 11.4 Å². The minimum absolute atomic E-state index is 0.0500. The zero-order valence-corrected chi connectivity index (χ0v) is 17.3. The Morgan fingerprint density at radius 3 is 2.82 bits per heavy atom. The normalized spacial score (nSPS) is 13.8. The van der Waals surface area contributed by atoms with E-state index in [4.69, 9.17) is 9.40 Å². The first-order valence-electron chi connectivity index (χ1n) is 9.16. The van der Waals surface area contributed by atoms with Crippen LogP contribution in [-0.2, 0) is 12.8 Å². The molecular formula is C21H16BrN3O2S. The van der Waals surface area contributed by atoms with Gasteiger partial charge in [0.1, 0.15) is 16.9 Å². The molecule has 0 saturated carbocycles. The van der Waals surface area contributed by atoms with Crippen LogP contribution in [0.3, 0.4) is 0 Å². The lowest BCUT2D eigenvalue weighted by Crippen LogP contribution is -2.04. The molecule has 1 aliphatic rings. The minimum atomic E-state index is 0.0500. The molecule has 5 rings (SSSR count). The molecule has 3 aromatic heterocycles. The Bertz CT molecular complexity index is 1200. The van der Waals surface area contributed by atoms with Crippen LogP contribution in [0, 0.1) is 0 Å². The molecule has 5 nitrogen and oxygen atoms in total. The number of aromatic nitrogens is 3. The zero-order valence-electron chi connectivity index (χ0n) is 14.9. The molecule has 0 bridgehead atoms. The number of nitrogens with zero attached hydrogens (tertiary/aromatic N) is 3. The molecule has 0 unspecified atom stereocenters. The number of hydrogen-bond acceptors (Lipinski definition) is 6. The third kappa shape index (κ3) is 3.22. The van der Waals surface area contributed by atoms with Crippen LogP contribution < -0.4 is 0 Å². The molecule has 7 heteroatoms. The number of ketones is 1. The number of carbonyl (C=O) groups is 1. The molecule has 3 heterocycles. The fourth-order valence-corrected chi connectivity index (χ4v) is 4.65. The Balaban J connectivity index is 1.47. The number of carbonyl (C=O) groups excluding carboxylic acids is 1. The minimum Gasteiger partial charge on any atom is -0.433 e. The molecule has 1 aliphatic carbocycles. The number of benzene rings is 1. The molecule has 28 heavy (non-hydrogen) atoms. The summed E-state index contributed by atoms with van der Waals surface area (Å²) in [5.74, 6) is 0.336. The lowest BCUT2D eigenvalue weighted by atomic mass is 9.95. The summed E-state index contributed by atoms with van der Waals surface area (Å²) in [7, 11) is 0. The summed E-state index contributed by atoms with van der Waals surface area (Å²) in [5, 5.41) is 1.60. The van der Waals surface area contributed by atoms with Crippen molar-refractivity contribution in [3.8, 4) is 0 Å². The van der Waals surface area contributed by atoms with Crippen molar-refractivity contribution in [3.63, 3.8) is 0 Å². The smallest absolute Gasteiger partial charge is 0.229 e. The van der Waals surface area contributed by atoms with Gasteiger partial charge in [-0.1, -0.05) is 39.8 Å². The predicted molar refractivity (Wildman–Crippen MR) is 113 cm³/mol. The maximum absolute atomic E-state index is 12.5. The second kappa shape index (κ2) is 7.29. The topological polar surface area (TPSA) is 68.9 Å². The largest absolute Gasteiger partial charge is 0.433 e. The van der Waals surface area contributed by atoms with E-state index in [-0.39, 0.29) is 11.5 Å². The molecular weight excluding hydrogens is 438 g/mol. The Morgan fingerprint density at radius 1 is 1.14 bits per heavy atom. The van der Waals surface area contributed by atoms with E-state index < -0.39 is 0 Å². The van der Waals surface area contributed by atoms with E-state index >= 15 is 0 Å². The van der Waals surface area contributed by atoms with Crippen LogP contribution in [0.4, 0.5) is 0 Å². The Labute approximate surface area is 174 Å². The molecule has 140 valence electrons. The van der Waals surface area contributed by atoms with E-state index in [1.807, 2.05) is 24.3 Å². The first-order valence-corrected chi connectivity index (χ1v) is 10.9. The Morgan fingerprint density at radius 2 is 1.96 bits per heavy atom. The number of thioether (sulfide) groups is 1. The van der Waals surface area contributed by atoms with Crippen molar-refractivity contribution < 1.29 is 9.21 Å². The second-order valence-electron chi connectivity index (χ2n) is 6.83. The monoisotopic (exact) mass is 453 g/mol. The summed E-state index contributed by atoms with van der Waals surface area (Å²) in [6.07, 6.45) is 5.95. The highest BCUT2D eigenvalue weighted by atomic mass is 79.9. The number of fused-ring (bicyclic) bond motifs is 4. The van der Waals surface area contributed by atoms with E-state index in [0.717, 1.165) is 33.9 Å². The summed E-state index contributed by atoms with van der Waals surface area (Å²) in [5.41, 5.74) is 5.09. The zero-order chi connectivity index (χ0) is 19.1. The van der Waals surface area contributed by atoms with Crippen molar-refractivity contribution in [2.45, 2.75) is 30.7 Å². The van der Waals surface area contributed by atoms with Gasteiger partial charge in [0.2, 0.25) is 5.71 Å². The number of rotatable bonds is 4. The molecule has 0 spiro atoms. The molecule has 0 N–H and O–H groups in total. The molecule has 4 aromatic rings. The molecule has 0 radical (unpaired) electrons. The van der Waals surface area contributed by atoms with Crippen LogP contribution >= 0.6 is 27.7 Å². The van der Waals surface area contributed by atoms with E-state index in [9.17, 15) is 4.79 Å². The first-order chi connectivity index (χ1) is 13.7. The van der Waals surface area contributed by atoms with Crippen LogP contribution in [0.1, 0.15) is 34.5 Å². The Kier molecular flexibility index (Phi) is 4.64. The van der Waals surface area contributed by atoms with Crippen molar-refractivity contribution in [1.82, 2.24) is 15.0 Å². The highest BCUT2D eigenvalue weighted by Crippen LogP contribution is 2.34. The summed E-state index contributed by atoms with van der Waals surface area (Å²) >= 11 is 4.76. The predicted octanol–water partition coefficient (Wildman–Crippen LogP) is 5.39. The molecule has 0 fully saturated rings. The van der Waals surface area contributed by atoms with Crippen molar-refractivity contribution in [1.29, 1.82) is 0 Å². The van der Waals surface area contributed by atoms with Gasteiger partial charge in [-0.05, 0) is 49.4 Å². The van der Waals surface area contributed by atoms with Gasteiger partial charge < -0.3 is 4.42 Å². The quantitative estimate of drug-likeness (QED) is 0.234. The van der Waals surface area contributed by atoms with E-state index in [0.29, 0.717) is 21.9 Å². The highest BCUT2D eigenvalue weighted by molar-refractivity contribution is 9.10. The van der Waals surface area contributed by atoms with Crippen LogP contribution in [0.25, 0.3) is 22.2 Å². The average molecular weight is 454 g/mol. The average Bonchev–Trinajstić information content (AvgIpc) is 3.09.